The molecule has 124 valence electrons. The molecule has 0 spiro atoms. The number of fused-ring (bicyclic) bond motifs is 2. The number of piperidine rings is 1. The van der Waals surface area contributed by atoms with Gasteiger partial charge in [-0.3, -0.25) is 14.2 Å². The number of hydrogen-bond donors (Lipinski definition) is 0. The van der Waals surface area contributed by atoms with Gasteiger partial charge in [-0.15, -0.1) is 0 Å². The van der Waals surface area contributed by atoms with E-state index in [-0.39, 0.29) is 17.5 Å². The number of hydrogen-bond acceptors (Lipinski definition) is 4. The third kappa shape index (κ3) is 2.71. The zero-order valence-electron chi connectivity index (χ0n) is 13.6. The van der Waals surface area contributed by atoms with Crippen LogP contribution in [0.2, 0.25) is 0 Å². The molecule has 0 N–H and O–H groups in total. The SMILES string of the molecule is CC1CCN(C(=O)C[C@@H]2CSc3nc4c(c(=O)n32)CCC4)CC1. The van der Waals surface area contributed by atoms with Gasteiger partial charge in [0.05, 0.1) is 11.7 Å². The Labute approximate surface area is 140 Å². The van der Waals surface area contributed by atoms with Gasteiger partial charge in [0.1, 0.15) is 0 Å². The monoisotopic (exact) mass is 333 g/mol. The second-order valence-corrected chi connectivity index (χ2v) is 8.07. The summed E-state index contributed by atoms with van der Waals surface area (Å²) in [7, 11) is 0. The van der Waals surface area contributed by atoms with Crippen molar-refractivity contribution in [3.05, 3.63) is 21.6 Å². The quantitative estimate of drug-likeness (QED) is 0.777. The molecular weight excluding hydrogens is 310 g/mol. The molecule has 0 saturated carbocycles. The fraction of sp³-hybridized carbons (Fsp3) is 0.706. The molecule has 1 aromatic heterocycles. The van der Waals surface area contributed by atoms with E-state index in [0.717, 1.165) is 73.3 Å². The lowest BCUT2D eigenvalue weighted by atomic mass is 9.99. The molecule has 5 nitrogen and oxygen atoms in total. The van der Waals surface area contributed by atoms with E-state index >= 15 is 0 Å². The van der Waals surface area contributed by atoms with Crippen LogP contribution in [0.15, 0.2) is 9.95 Å². The number of rotatable bonds is 2. The van der Waals surface area contributed by atoms with E-state index < -0.39 is 0 Å². The Morgan fingerprint density at radius 1 is 1.30 bits per heavy atom. The van der Waals surface area contributed by atoms with Gasteiger partial charge in [0.25, 0.3) is 5.56 Å². The molecule has 23 heavy (non-hydrogen) atoms. The number of thioether (sulfide) groups is 1. The number of carbonyl (C=O) groups is 1. The summed E-state index contributed by atoms with van der Waals surface area (Å²) >= 11 is 1.63. The number of nitrogens with zero attached hydrogens (tertiary/aromatic N) is 3. The van der Waals surface area contributed by atoms with E-state index in [1.807, 2.05) is 4.90 Å². The molecule has 1 saturated heterocycles. The number of aryl methyl sites for hydroxylation is 1. The predicted octanol–water partition coefficient (Wildman–Crippen LogP) is 2.03. The number of carbonyl (C=O) groups excluding carboxylic acids is 1. The minimum Gasteiger partial charge on any atom is -0.343 e. The molecule has 2 aliphatic heterocycles. The first-order valence-corrected chi connectivity index (χ1v) is 9.67. The minimum absolute atomic E-state index is 0.0206. The molecule has 6 heteroatoms. The second-order valence-electron chi connectivity index (χ2n) is 7.08. The normalized spacial score (nSPS) is 23.9. The maximum absolute atomic E-state index is 12.7. The molecule has 1 aliphatic carbocycles. The van der Waals surface area contributed by atoms with Crippen LogP contribution in [0.1, 0.15) is 49.9 Å². The summed E-state index contributed by atoms with van der Waals surface area (Å²) in [4.78, 5) is 32.0. The van der Waals surface area contributed by atoms with E-state index in [2.05, 4.69) is 11.9 Å². The van der Waals surface area contributed by atoms with Crippen LogP contribution < -0.4 is 5.56 Å². The summed E-state index contributed by atoms with van der Waals surface area (Å²) < 4.78 is 1.80. The first-order chi connectivity index (χ1) is 11.1. The van der Waals surface area contributed by atoms with Crippen molar-refractivity contribution in [2.45, 2.75) is 56.6 Å². The van der Waals surface area contributed by atoms with Gasteiger partial charge in [-0.05, 0) is 38.0 Å². The second kappa shape index (κ2) is 5.96. The largest absolute Gasteiger partial charge is 0.343 e. The van der Waals surface area contributed by atoms with Crippen molar-refractivity contribution in [1.29, 1.82) is 0 Å². The van der Waals surface area contributed by atoms with Crippen molar-refractivity contribution < 1.29 is 4.79 Å². The predicted molar refractivity (Wildman–Crippen MR) is 89.9 cm³/mol. The summed E-state index contributed by atoms with van der Waals surface area (Å²) in [5.41, 5.74) is 1.99. The first-order valence-electron chi connectivity index (χ1n) is 8.68. The molecule has 1 atom stereocenters. The van der Waals surface area contributed by atoms with Crippen LogP contribution in [0.4, 0.5) is 0 Å². The minimum atomic E-state index is -0.0206. The van der Waals surface area contributed by atoms with E-state index in [1.165, 1.54) is 0 Å². The van der Waals surface area contributed by atoms with Crippen LogP contribution in [-0.2, 0) is 17.6 Å². The Balaban J connectivity index is 1.53. The van der Waals surface area contributed by atoms with Crippen LogP contribution >= 0.6 is 11.8 Å². The molecule has 1 amide bonds. The summed E-state index contributed by atoms with van der Waals surface area (Å²) in [5, 5.41) is 0.820. The third-order valence-corrected chi connectivity index (χ3v) is 6.52. The molecule has 0 aromatic carbocycles. The van der Waals surface area contributed by atoms with E-state index in [9.17, 15) is 9.59 Å². The number of likely N-dealkylation sites (tertiary alicyclic amines) is 1. The lowest BCUT2D eigenvalue weighted by molar-refractivity contribution is -0.133. The molecule has 0 bridgehead atoms. The smallest absolute Gasteiger partial charge is 0.257 e. The summed E-state index contributed by atoms with van der Waals surface area (Å²) in [6.07, 6.45) is 5.43. The van der Waals surface area contributed by atoms with Crippen molar-refractivity contribution in [2.75, 3.05) is 18.8 Å². The van der Waals surface area contributed by atoms with Gasteiger partial charge in [0.15, 0.2) is 5.16 Å². The van der Waals surface area contributed by atoms with Gasteiger partial charge >= 0.3 is 0 Å². The maximum Gasteiger partial charge on any atom is 0.257 e. The summed E-state index contributed by atoms with van der Waals surface area (Å²) in [6.45, 7) is 3.98. The summed E-state index contributed by atoms with van der Waals surface area (Å²) in [5.74, 6) is 1.71. The van der Waals surface area contributed by atoms with Crippen LogP contribution in [-0.4, -0.2) is 39.2 Å². The third-order valence-electron chi connectivity index (χ3n) is 5.42. The molecule has 3 aliphatic rings. The Morgan fingerprint density at radius 3 is 2.87 bits per heavy atom. The van der Waals surface area contributed by atoms with Crippen molar-refractivity contribution in [3.8, 4) is 0 Å². The average molecular weight is 333 g/mol. The zero-order chi connectivity index (χ0) is 16.0. The van der Waals surface area contributed by atoms with Gasteiger partial charge in [-0.25, -0.2) is 4.98 Å². The molecule has 0 radical (unpaired) electrons. The van der Waals surface area contributed by atoms with Crippen LogP contribution in [0.25, 0.3) is 0 Å². The van der Waals surface area contributed by atoms with Gasteiger partial charge in [-0.1, -0.05) is 18.7 Å². The highest BCUT2D eigenvalue weighted by Crippen LogP contribution is 2.34. The van der Waals surface area contributed by atoms with E-state index in [0.29, 0.717) is 6.42 Å². The first kappa shape index (κ1) is 15.2. The van der Waals surface area contributed by atoms with Crippen LogP contribution in [0.5, 0.6) is 0 Å². The Morgan fingerprint density at radius 2 is 2.09 bits per heavy atom. The van der Waals surface area contributed by atoms with Gasteiger partial charge in [0.2, 0.25) is 5.91 Å². The standard InChI is InChI=1S/C17H23N3O2S/c1-11-5-7-19(8-6-11)15(21)9-12-10-23-17-18-14-4-2-3-13(14)16(22)20(12)17/h11-12H,2-10H2,1H3/t12-/m1/s1. The Kier molecular flexibility index (Phi) is 3.95. The lowest BCUT2D eigenvalue weighted by Crippen LogP contribution is -2.39. The maximum atomic E-state index is 12.7. The highest BCUT2D eigenvalue weighted by molar-refractivity contribution is 7.99. The molecule has 3 heterocycles. The number of amides is 1. The van der Waals surface area contributed by atoms with Gasteiger partial charge in [0, 0.05) is 30.8 Å². The summed E-state index contributed by atoms with van der Waals surface area (Å²) in [6, 6.07) is -0.0206. The average Bonchev–Trinajstić information content (AvgIpc) is 3.16. The highest BCUT2D eigenvalue weighted by atomic mass is 32.2. The molecule has 1 aromatic rings. The zero-order valence-corrected chi connectivity index (χ0v) is 14.4. The molecular formula is C17H23N3O2S. The lowest BCUT2D eigenvalue weighted by Gasteiger charge is -2.31. The van der Waals surface area contributed by atoms with Crippen molar-refractivity contribution >= 4 is 17.7 Å². The van der Waals surface area contributed by atoms with Crippen molar-refractivity contribution in [3.63, 3.8) is 0 Å². The van der Waals surface area contributed by atoms with Crippen LogP contribution in [0.3, 0.4) is 0 Å². The highest BCUT2D eigenvalue weighted by Gasteiger charge is 2.32. The topological polar surface area (TPSA) is 55.2 Å². The van der Waals surface area contributed by atoms with Crippen molar-refractivity contribution in [1.82, 2.24) is 14.5 Å². The molecule has 4 rings (SSSR count). The fourth-order valence-corrected chi connectivity index (χ4v) is 5.05. The number of aromatic nitrogens is 2. The Hall–Kier alpha value is -1.30. The van der Waals surface area contributed by atoms with Gasteiger partial charge < -0.3 is 4.90 Å². The van der Waals surface area contributed by atoms with E-state index in [4.69, 9.17) is 0 Å². The fourth-order valence-electron chi connectivity index (χ4n) is 3.89. The molecule has 0 unspecified atom stereocenters. The van der Waals surface area contributed by atoms with Gasteiger partial charge in [-0.2, -0.15) is 0 Å². The molecule has 1 fully saturated rings. The Bertz CT molecular complexity index is 692. The van der Waals surface area contributed by atoms with E-state index in [1.54, 1.807) is 16.3 Å². The van der Waals surface area contributed by atoms with Crippen molar-refractivity contribution in [2.24, 2.45) is 5.92 Å². The van der Waals surface area contributed by atoms with Crippen LogP contribution in [0, 0.1) is 5.92 Å².